The summed E-state index contributed by atoms with van der Waals surface area (Å²) in [5, 5.41) is 12.3. The van der Waals surface area contributed by atoms with Gasteiger partial charge in [0.05, 0.1) is 18.4 Å². The summed E-state index contributed by atoms with van der Waals surface area (Å²) in [6.45, 7) is 0. The Morgan fingerprint density at radius 2 is 1.93 bits per heavy atom. The number of ether oxygens (including phenoxy) is 1. The summed E-state index contributed by atoms with van der Waals surface area (Å²) in [5.74, 6) is 0.221. The van der Waals surface area contributed by atoms with Crippen molar-refractivity contribution in [1.29, 1.82) is 0 Å². The van der Waals surface area contributed by atoms with Crippen LogP contribution in [-0.2, 0) is 16.6 Å². The van der Waals surface area contributed by atoms with Crippen LogP contribution in [0.1, 0.15) is 10.4 Å². The van der Waals surface area contributed by atoms with Crippen molar-refractivity contribution >= 4 is 40.9 Å². The molecule has 0 bridgehead atoms. The van der Waals surface area contributed by atoms with Crippen molar-refractivity contribution in [1.82, 2.24) is 14.8 Å². The third kappa shape index (κ3) is 4.71. The molecule has 3 aromatic rings. The van der Waals surface area contributed by atoms with Gasteiger partial charge in [0.2, 0.25) is 5.91 Å². The molecular weight excluding hydrogens is 400 g/mol. The zero-order valence-electron chi connectivity index (χ0n) is 15.2. The van der Waals surface area contributed by atoms with Crippen LogP contribution < -0.4 is 5.32 Å². The average molecular weight is 417 g/mol. The van der Waals surface area contributed by atoms with Crippen molar-refractivity contribution in [2.24, 2.45) is 7.05 Å². The Kier molecular flexibility index (Phi) is 6.33. The van der Waals surface area contributed by atoms with E-state index in [0.29, 0.717) is 27.3 Å². The highest BCUT2D eigenvalue weighted by Gasteiger charge is 2.13. The molecule has 0 aliphatic carbocycles. The van der Waals surface area contributed by atoms with E-state index in [1.807, 2.05) is 29.8 Å². The van der Waals surface area contributed by atoms with Crippen LogP contribution in [0.15, 0.2) is 53.7 Å². The van der Waals surface area contributed by atoms with E-state index in [9.17, 15) is 9.59 Å². The lowest BCUT2D eigenvalue weighted by Crippen LogP contribution is -2.14. The lowest BCUT2D eigenvalue weighted by Gasteiger charge is -2.06. The van der Waals surface area contributed by atoms with E-state index in [4.69, 9.17) is 11.6 Å². The molecule has 2 aromatic carbocycles. The number of esters is 1. The number of rotatable bonds is 6. The Morgan fingerprint density at radius 3 is 2.61 bits per heavy atom. The first-order chi connectivity index (χ1) is 13.5. The van der Waals surface area contributed by atoms with Crippen LogP contribution in [0.2, 0.25) is 5.02 Å². The van der Waals surface area contributed by atoms with E-state index in [-0.39, 0.29) is 11.7 Å². The van der Waals surface area contributed by atoms with E-state index >= 15 is 0 Å². The highest BCUT2D eigenvalue weighted by molar-refractivity contribution is 7.99. The van der Waals surface area contributed by atoms with Crippen molar-refractivity contribution in [3.8, 4) is 11.4 Å². The number of amides is 1. The summed E-state index contributed by atoms with van der Waals surface area (Å²) in [6, 6.07) is 13.8. The van der Waals surface area contributed by atoms with E-state index in [0.717, 1.165) is 5.56 Å². The van der Waals surface area contributed by atoms with Crippen molar-refractivity contribution in [2.45, 2.75) is 5.16 Å². The van der Waals surface area contributed by atoms with Gasteiger partial charge in [-0.15, -0.1) is 10.2 Å². The Bertz CT molecular complexity index is 1000. The summed E-state index contributed by atoms with van der Waals surface area (Å²) in [5.41, 5.74) is 1.86. The molecule has 0 spiro atoms. The molecule has 7 nitrogen and oxygen atoms in total. The molecule has 1 amide bonds. The number of nitrogens with one attached hydrogen (secondary N) is 1. The van der Waals surface area contributed by atoms with Gasteiger partial charge in [-0.05, 0) is 36.4 Å². The molecule has 144 valence electrons. The second-order valence-electron chi connectivity index (χ2n) is 5.78. The number of hydrogen-bond acceptors (Lipinski definition) is 6. The van der Waals surface area contributed by atoms with Gasteiger partial charge in [-0.25, -0.2) is 4.79 Å². The molecule has 0 saturated carbocycles. The first-order valence-electron chi connectivity index (χ1n) is 8.24. The standard InChI is InChI=1S/C19H17ClN4O3S/c1-24-17(13-4-3-5-14(20)10-13)22-23-19(24)28-11-16(25)21-15-8-6-12(7-9-15)18(26)27-2/h3-10H,11H2,1-2H3,(H,21,25). The number of hydrogen-bond donors (Lipinski definition) is 1. The fourth-order valence-electron chi connectivity index (χ4n) is 2.45. The average Bonchev–Trinajstić information content (AvgIpc) is 3.07. The SMILES string of the molecule is COC(=O)c1ccc(NC(=O)CSc2nnc(-c3cccc(Cl)c3)n2C)cc1. The largest absolute Gasteiger partial charge is 0.465 e. The number of aromatic nitrogens is 3. The molecular formula is C19H17ClN4O3S. The zero-order chi connectivity index (χ0) is 20.1. The summed E-state index contributed by atoms with van der Waals surface area (Å²) < 4.78 is 6.46. The fourth-order valence-corrected chi connectivity index (χ4v) is 3.36. The molecule has 9 heteroatoms. The van der Waals surface area contributed by atoms with E-state index in [1.54, 1.807) is 30.3 Å². The van der Waals surface area contributed by atoms with Crippen LogP contribution in [0.25, 0.3) is 11.4 Å². The number of carbonyl (C=O) groups is 2. The molecule has 28 heavy (non-hydrogen) atoms. The van der Waals surface area contributed by atoms with Gasteiger partial charge < -0.3 is 14.6 Å². The number of thioether (sulfide) groups is 1. The normalized spacial score (nSPS) is 10.5. The first kappa shape index (κ1) is 19.9. The van der Waals surface area contributed by atoms with Gasteiger partial charge >= 0.3 is 5.97 Å². The molecule has 0 radical (unpaired) electrons. The lowest BCUT2D eigenvalue weighted by atomic mass is 10.2. The Labute approximate surface area is 171 Å². The summed E-state index contributed by atoms with van der Waals surface area (Å²) in [4.78, 5) is 23.6. The van der Waals surface area contributed by atoms with Crippen LogP contribution in [0.4, 0.5) is 5.69 Å². The maximum Gasteiger partial charge on any atom is 0.337 e. The molecule has 1 heterocycles. The van der Waals surface area contributed by atoms with E-state index < -0.39 is 5.97 Å². The smallest absolute Gasteiger partial charge is 0.337 e. The minimum Gasteiger partial charge on any atom is -0.465 e. The Morgan fingerprint density at radius 1 is 1.18 bits per heavy atom. The van der Waals surface area contributed by atoms with E-state index in [2.05, 4.69) is 20.3 Å². The summed E-state index contributed by atoms with van der Waals surface area (Å²) in [7, 11) is 3.15. The van der Waals surface area contributed by atoms with Gasteiger partial charge in [-0.3, -0.25) is 4.79 Å². The van der Waals surface area contributed by atoms with Crippen molar-refractivity contribution in [3.05, 3.63) is 59.1 Å². The topological polar surface area (TPSA) is 86.1 Å². The van der Waals surface area contributed by atoms with Crippen LogP contribution in [-0.4, -0.2) is 39.5 Å². The van der Waals surface area contributed by atoms with Crippen molar-refractivity contribution in [3.63, 3.8) is 0 Å². The second kappa shape index (κ2) is 8.90. The first-order valence-corrected chi connectivity index (χ1v) is 9.60. The third-order valence-corrected chi connectivity index (χ3v) is 5.10. The molecule has 1 aromatic heterocycles. The fraction of sp³-hybridized carbons (Fsp3) is 0.158. The van der Waals surface area contributed by atoms with Crippen LogP contribution >= 0.6 is 23.4 Å². The number of anilines is 1. The summed E-state index contributed by atoms with van der Waals surface area (Å²) in [6.07, 6.45) is 0. The molecule has 0 aliphatic rings. The second-order valence-corrected chi connectivity index (χ2v) is 7.16. The van der Waals surface area contributed by atoms with Gasteiger partial charge in [-0.1, -0.05) is 35.5 Å². The summed E-state index contributed by atoms with van der Waals surface area (Å²) >= 11 is 7.30. The minimum atomic E-state index is -0.425. The molecule has 0 atom stereocenters. The van der Waals surface area contributed by atoms with Crippen LogP contribution in [0.3, 0.4) is 0 Å². The molecule has 0 fully saturated rings. The zero-order valence-corrected chi connectivity index (χ0v) is 16.8. The van der Waals surface area contributed by atoms with Gasteiger partial charge in [0.15, 0.2) is 11.0 Å². The number of carbonyl (C=O) groups excluding carboxylic acids is 2. The third-order valence-electron chi connectivity index (χ3n) is 3.84. The number of halogens is 1. The maximum atomic E-state index is 12.2. The number of benzene rings is 2. The lowest BCUT2D eigenvalue weighted by molar-refractivity contribution is -0.113. The highest BCUT2D eigenvalue weighted by Crippen LogP contribution is 2.24. The quantitative estimate of drug-likeness (QED) is 0.487. The predicted molar refractivity (Wildman–Crippen MR) is 109 cm³/mol. The van der Waals surface area contributed by atoms with Gasteiger partial charge in [0.1, 0.15) is 0 Å². The van der Waals surface area contributed by atoms with Crippen LogP contribution in [0, 0.1) is 0 Å². The molecule has 0 aliphatic heterocycles. The number of methoxy groups -OCH3 is 1. The van der Waals surface area contributed by atoms with Crippen LogP contribution in [0.5, 0.6) is 0 Å². The molecule has 1 N–H and O–H groups in total. The molecule has 0 unspecified atom stereocenters. The van der Waals surface area contributed by atoms with E-state index in [1.165, 1.54) is 18.9 Å². The van der Waals surface area contributed by atoms with Gasteiger partial charge in [0.25, 0.3) is 0 Å². The maximum absolute atomic E-state index is 12.2. The Balaban J connectivity index is 1.60. The minimum absolute atomic E-state index is 0.167. The predicted octanol–water partition coefficient (Wildman–Crippen LogP) is 3.65. The monoisotopic (exact) mass is 416 g/mol. The highest BCUT2D eigenvalue weighted by atomic mass is 35.5. The molecule has 0 saturated heterocycles. The van der Waals surface area contributed by atoms with Crippen molar-refractivity contribution < 1.29 is 14.3 Å². The molecule has 3 rings (SSSR count). The van der Waals surface area contributed by atoms with Gasteiger partial charge in [0, 0.05) is 23.3 Å². The van der Waals surface area contributed by atoms with Crippen molar-refractivity contribution in [2.75, 3.05) is 18.2 Å². The van der Waals surface area contributed by atoms with Gasteiger partial charge in [-0.2, -0.15) is 0 Å². The Hall–Kier alpha value is -2.84. The number of nitrogens with zero attached hydrogens (tertiary/aromatic N) is 3.